The lowest BCUT2D eigenvalue weighted by Crippen LogP contribution is -2.42. The van der Waals surface area contributed by atoms with Crippen molar-refractivity contribution in [3.63, 3.8) is 0 Å². The number of phenolic OH excluding ortho intramolecular Hbond substituents is 1. The topological polar surface area (TPSA) is 120 Å². The fourth-order valence-corrected chi connectivity index (χ4v) is 10.2. The summed E-state index contributed by atoms with van der Waals surface area (Å²) in [5, 5.41) is 13.6. The van der Waals surface area contributed by atoms with Gasteiger partial charge in [0.2, 0.25) is 17.7 Å². The molecule has 7 atom stereocenters. The number of phenols is 1. The molecule has 0 spiro atoms. The summed E-state index contributed by atoms with van der Waals surface area (Å²) in [4.78, 5) is 57.2. The standard InChI is InChI=1S/C28H25N3O5S2/c32-15-8-6-13(7-9-15)19-20-16-12-17(23(20)37-25-24(19)38-28(36)30-25)22-21(16)26(34)31(27(22)35)11-10-18(33)29-14-4-2-1-3-5-14/h1-9,16-17,19-23,32H,10-12H2,(H,29,33)(H,30,36). The van der Waals surface area contributed by atoms with Crippen molar-refractivity contribution in [3.05, 3.63) is 74.7 Å². The first kappa shape index (κ1) is 23.7. The molecular weight excluding hydrogens is 522 g/mol. The number of H-pyrrole nitrogens is 1. The van der Waals surface area contributed by atoms with Crippen LogP contribution >= 0.6 is 23.1 Å². The van der Waals surface area contributed by atoms with Crippen molar-refractivity contribution in [2.24, 2.45) is 29.6 Å². The maximum absolute atomic E-state index is 13.7. The van der Waals surface area contributed by atoms with Gasteiger partial charge in [-0.25, -0.2) is 0 Å². The quantitative estimate of drug-likeness (QED) is 0.420. The second-order valence-corrected chi connectivity index (χ2v) is 12.7. The fraction of sp³-hybridized carbons (Fsp3) is 0.357. The molecule has 194 valence electrons. The molecule has 2 saturated carbocycles. The minimum absolute atomic E-state index is 0.0197. The molecular formula is C28H25N3O5S2. The molecule has 1 saturated heterocycles. The van der Waals surface area contributed by atoms with Crippen LogP contribution in [0.5, 0.6) is 5.75 Å². The molecule has 3 fully saturated rings. The molecule has 10 heteroatoms. The highest BCUT2D eigenvalue weighted by molar-refractivity contribution is 8.00. The summed E-state index contributed by atoms with van der Waals surface area (Å²) in [6.07, 6.45) is 0.864. The second-order valence-electron chi connectivity index (χ2n) is 10.5. The van der Waals surface area contributed by atoms with Crippen LogP contribution in [0.3, 0.4) is 0 Å². The Hall–Kier alpha value is -3.37. The number of fused-ring (bicyclic) bond motifs is 9. The van der Waals surface area contributed by atoms with Crippen LogP contribution in [0.25, 0.3) is 0 Å². The van der Waals surface area contributed by atoms with Crippen molar-refractivity contribution in [1.29, 1.82) is 0 Å². The van der Waals surface area contributed by atoms with E-state index in [1.165, 1.54) is 16.2 Å². The number of hydrogen-bond donors (Lipinski definition) is 3. The Morgan fingerprint density at radius 3 is 2.45 bits per heavy atom. The van der Waals surface area contributed by atoms with E-state index in [1.54, 1.807) is 36.0 Å². The van der Waals surface area contributed by atoms with Gasteiger partial charge in [-0.3, -0.25) is 24.1 Å². The van der Waals surface area contributed by atoms with Crippen LogP contribution in [0.4, 0.5) is 5.69 Å². The summed E-state index contributed by atoms with van der Waals surface area (Å²) >= 11 is 2.86. The first-order chi connectivity index (χ1) is 18.4. The number of likely N-dealkylation sites (tertiary alicyclic amines) is 1. The van der Waals surface area contributed by atoms with Crippen LogP contribution in [-0.4, -0.2) is 44.5 Å². The van der Waals surface area contributed by atoms with Crippen molar-refractivity contribution >= 4 is 46.5 Å². The number of para-hydroxylation sites is 1. The summed E-state index contributed by atoms with van der Waals surface area (Å²) in [6, 6.07) is 16.2. The van der Waals surface area contributed by atoms with Gasteiger partial charge in [0.15, 0.2) is 0 Å². The van der Waals surface area contributed by atoms with Gasteiger partial charge in [0.1, 0.15) is 5.75 Å². The predicted molar refractivity (Wildman–Crippen MR) is 143 cm³/mol. The third-order valence-electron chi connectivity index (χ3n) is 8.69. The van der Waals surface area contributed by atoms with Crippen molar-refractivity contribution in [1.82, 2.24) is 9.88 Å². The van der Waals surface area contributed by atoms with Gasteiger partial charge in [0.05, 0.1) is 16.9 Å². The third-order valence-corrected chi connectivity index (χ3v) is 11.3. The number of carbonyl (C=O) groups is 3. The van der Waals surface area contributed by atoms with Gasteiger partial charge < -0.3 is 15.4 Å². The number of amides is 3. The summed E-state index contributed by atoms with van der Waals surface area (Å²) in [6.45, 7) is 0.0767. The zero-order valence-electron chi connectivity index (χ0n) is 20.2. The van der Waals surface area contributed by atoms with Gasteiger partial charge in [0, 0.05) is 34.7 Å². The summed E-state index contributed by atoms with van der Waals surface area (Å²) in [5.41, 5.74) is 1.68. The Kier molecular flexibility index (Phi) is 5.52. The maximum atomic E-state index is 13.7. The highest BCUT2D eigenvalue weighted by Gasteiger charge is 2.69. The van der Waals surface area contributed by atoms with Gasteiger partial charge in [-0.2, -0.15) is 0 Å². The van der Waals surface area contributed by atoms with E-state index in [0.717, 1.165) is 21.9 Å². The molecule has 2 aliphatic carbocycles. The number of aromatic hydroxyl groups is 1. The van der Waals surface area contributed by atoms with Crippen molar-refractivity contribution in [2.45, 2.75) is 29.0 Å². The van der Waals surface area contributed by atoms with Crippen molar-refractivity contribution in [2.75, 3.05) is 11.9 Å². The number of aromatic amines is 1. The van der Waals surface area contributed by atoms with E-state index in [2.05, 4.69) is 10.3 Å². The Morgan fingerprint density at radius 2 is 1.71 bits per heavy atom. The lowest BCUT2D eigenvalue weighted by molar-refractivity contribution is -0.141. The van der Waals surface area contributed by atoms with E-state index < -0.39 is 0 Å². The highest BCUT2D eigenvalue weighted by Crippen LogP contribution is 2.68. The van der Waals surface area contributed by atoms with Crippen LogP contribution in [0.2, 0.25) is 0 Å². The van der Waals surface area contributed by atoms with Gasteiger partial charge in [0.25, 0.3) is 0 Å². The van der Waals surface area contributed by atoms with Crippen LogP contribution in [0, 0.1) is 29.6 Å². The Morgan fingerprint density at radius 1 is 1.00 bits per heavy atom. The molecule has 7 rings (SSSR count). The van der Waals surface area contributed by atoms with Crippen LogP contribution in [0.1, 0.15) is 29.2 Å². The number of rotatable bonds is 5. The minimum atomic E-state index is -0.386. The van der Waals surface area contributed by atoms with E-state index in [9.17, 15) is 24.3 Å². The zero-order valence-corrected chi connectivity index (χ0v) is 21.8. The number of nitrogens with zero attached hydrogens (tertiary/aromatic N) is 1. The number of aromatic nitrogens is 1. The molecule has 3 heterocycles. The lowest BCUT2D eigenvalue weighted by atomic mass is 9.68. The lowest BCUT2D eigenvalue weighted by Gasteiger charge is -2.43. The SMILES string of the molecule is O=C(CCN1C(=O)C2C3CC(C2C1=O)C1C(c2ccc(O)cc2)c2sc(=O)[nH]c2SC31)Nc1ccccc1. The van der Waals surface area contributed by atoms with Gasteiger partial charge in [-0.05, 0) is 54.0 Å². The molecule has 3 N–H and O–H groups in total. The monoisotopic (exact) mass is 547 g/mol. The van der Waals surface area contributed by atoms with Crippen molar-refractivity contribution in [3.8, 4) is 5.75 Å². The fourth-order valence-electron chi connectivity index (χ4n) is 7.31. The van der Waals surface area contributed by atoms with Crippen LogP contribution < -0.4 is 10.2 Å². The largest absolute Gasteiger partial charge is 0.508 e. The van der Waals surface area contributed by atoms with E-state index >= 15 is 0 Å². The minimum Gasteiger partial charge on any atom is -0.508 e. The molecule has 3 amide bonds. The van der Waals surface area contributed by atoms with E-state index in [4.69, 9.17) is 0 Å². The maximum Gasteiger partial charge on any atom is 0.305 e. The Balaban J connectivity index is 1.16. The predicted octanol–water partition coefficient (Wildman–Crippen LogP) is 3.64. The van der Waals surface area contributed by atoms with Crippen LogP contribution in [0.15, 0.2) is 64.4 Å². The molecule has 38 heavy (non-hydrogen) atoms. The zero-order chi connectivity index (χ0) is 26.1. The number of thiazole rings is 1. The molecule has 4 aliphatic rings. The molecule has 3 aromatic rings. The molecule has 2 bridgehead atoms. The number of anilines is 1. The highest BCUT2D eigenvalue weighted by atomic mass is 32.2. The molecule has 1 aromatic heterocycles. The number of imide groups is 1. The second kappa shape index (κ2) is 8.84. The normalized spacial score (nSPS) is 30.7. The summed E-state index contributed by atoms with van der Waals surface area (Å²) < 4.78 is 0. The first-order valence-corrected chi connectivity index (χ1v) is 14.5. The number of hydrogen-bond acceptors (Lipinski definition) is 7. The third kappa shape index (κ3) is 3.57. The number of nitrogens with one attached hydrogen (secondary N) is 2. The molecule has 2 aromatic carbocycles. The Labute approximate surface area is 226 Å². The summed E-state index contributed by atoms with van der Waals surface area (Å²) in [7, 11) is 0. The number of thioether (sulfide) groups is 1. The number of carbonyl (C=O) groups excluding carboxylic acids is 3. The average Bonchev–Trinajstić information content (AvgIpc) is 3.63. The van der Waals surface area contributed by atoms with E-state index in [1.807, 2.05) is 30.3 Å². The molecule has 2 aliphatic heterocycles. The van der Waals surface area contributed by atoms with Crippen molar-refractivity contribution < 1.29 is 19.5 Å². The van der Waals surface area contributed by atoms with Gasteiger partial charge in [-0.15, -0.1) is 11.8 Å². The van der Waals surface area contributed by atoms with Gasteiger partial charge in [-0.1, -0.05) is 41.7 Å². The molecule has 7 unspecified atom stereocenters. The molecule has 8 nitrogen and oxygen atoms in total. The van der Waals surface area contributed by atoms with Gasteiger partial charge >= 0.3 is 4.87 Å². The molecule has 0 radical (unpaired) electrons. The number of benzene rings is 2. The van der Waals surface area contributed by atoms with Crippen LogP contribution in [-0.2, 0) is 14.4 Å². The van der Waals surface area contributed by atoms with E-state index in [0.29, 0.717) is 5.69 Å². The Bertz CT molecular complexity index is 1500. The average molecular weight is 548 g/mol. The first-order valence-electron chi connectivity index (χ1n) is 12.8. The smallest absolute Gasteiger partial charge is 0.305 e. The summed E-state index contributed by atoms with van der Waals surface area (Å²) in [5.74, 6) is -1.06. The van der Waals surface area contributed by atoms with E-state index in [-0.39, 0.29) is 82.1 Å².